The van der Waals surface area contributed by atoms with E-state index in [1.807, 2.05) is 36.4 Å². The number of aromatic nitrogens is 4. The van der Waals surface area contributed by atoms with Crippen molar-refractivity contribution in [1.29, 1.82) is 0 Å². The van der Waals surface area contributed by atoms with Gasteiger partial charge in [-0.05, 0) is 12.8 Å². The van der Waals surface area contributed by atoms with Crippen LogP contribution in [0.5, 0.6) is 0 Å². The Morgan fingerprint density at radius 3 is 2.72 bits per heavy atom. The molecular weight excluding hydrogens is 316 g/mol. The summed E-state index contributed by atoms with van der Waals surface area (Å²) in [6.45, 7) is 1.50. The van der Waals surface area contributed by atoms with Crippen molar-refractivity contribution in [3.63, 3.8) is 0 Å². The molecule has 0 aliphatic heterocycles. The summed E-state index contributed by atoms with van der Waals surface area (Å²) >= 11 is 0. The number of hydrogen-bond donors (Lipinski definition) is 1. The average Bonchev–Trinajstić information content (AvgIpc) is 3.38. The summed E-state index contributed by atoms with van der Waals surface area (Å²) in [6.07, 6.45) is 3.61. The highest BCUT2D eigenvalue weighted by atomic mass is 16.2. The molecule has 4 rings (SSSR count). The highest BCUT2D eigenvalue weighted by Crippen LogP contribution is 2.41. The van der Waals surface area contributed by atoms with Gasteiger partial charge >= 0.3 is 0 Å². The molecule has 0 saturated heterocycles. The summed E-state index contributed by atoms with van der Waals surface area (Å²) < 4.78 is 1.43. The normalized spacial score (nSPS) is 13.6. The lowest BCUT2D eigenvalue weighted by Gasteiger charge is -2.07. The molecule has 7 heteroatoms. The number of anilines is 2. The maximum atomic E-state index is 11.8. The maximum absolute atomic E-state index is 11.8. The third-order valence-corrected chi connectivity index (χ3v) is 4.10. The first-order chi connectivity index (χ1) is 12.1. The Hall–Kier alpha value is -3.22. The topological polar surface area (TPSA) is 96.5 Å². The van der Waals surface area contributed by atoms with E-state index in [1.54, 1.807) is 0 Å². The highest BCUT2D eigenvalue weighted by Gasteiger charge is 2.29. The van der Waals surface area contributed by atoms with E-state index in [9.17, 15) is 4.79 Å². The van der Waals surface area contributed by atoms with Crippen LogP contribution in [0, 0.1) is 0 Å². The fraction of sp³-hybridized carbons (Fsp3) is 0.222. The van der Waals surface area contributed by atoms with Gasteiger partial charge in [0.05, 0.1) is 11.9 Å². The molecule has 1 aliphatic carbocycles. The Labute approximate surface area is 144 Å². The van der Waals surface area contributed by atoms with Gasteiger partial charge in [-0.3, -0.25) is 10.5 Å². The Balaban J connectivity index is 1.67. The molecular formula is C18H17N6O. The van der Waals surface area contributed by atoms with Crippen LogP contribution in [0.15, 0.2) is 42.6 Å². The first kappa shape index (κ1) is 15.3. The van der Waals surface area contributed by atoms with Crippen LogP contribution in [0.4, 0.5) is 17.3 Å². The predicted molar refractivity (Wildman–Crippen MR) is 94.0 cm³/mol. The molecule has 0 spiro atoms. The van der Waals surface area contributed by atoms with Crippen LogP contribution in [0.25, 0.3) is 11.4 Å². The van der Waals surface area contributed by atoms with Crippen LogP contribution in [0.1, 0.15) is 36.2 Å². The first-order valence-electron chi connectivity index (χ1n) is 8.14. The van der Waals surface area contributed by atoms with E-state index in [2.05, 4.69) is 20.4 Å². The summed E-state index contributed by atoms with van der Waals surface area (Å²) in [4.78, 5) is 20.4. The molecule has 1 fully saturated rings. The molecule has 2 heterocycles. The van der Waals surface area contributed by atoms with Gasteiger partial charge in [-0.15, -0.1) is 5.10 Å². The van der Waals surface area contributed by atoms with Crippen molar-refractivity contribution in [3.8, 4) is 11.4 Å². The highest BCUT2D eigenvalue weighted by molar-refractivity contribution is 5.77. The molecule has 1 aromatic carbocycles. The van der Waals surface area contributed by atoms with E-state index in [0.29, 0.717) is 23.4 Å². The van der Waals surface area contributed by atoms with Crippen molar-refractivity contribution < 1.29 is 4.79 Å². The molecule has 7 nitrogen and oxygen atoms in total. The number of hydrogen-bond acceptors (Lipinski definition) is 5. The average molecular weight is 333 g/mol. The van der Waals surface area contributed by atoms with Crippen molar-refractivity contribution in [3.05, 3.63) is 48.3 Å². The summed E-state index contributed by atoms with van der Waals surface area (Å²) in [5, 5.41) is 7.38. The maximum Gasteiger partial charge on any atom is 0.244 e. The summed E-state index contributed by atoms with van der Waals surface area (Å²) in [5.41, 5.74) is 9.99. The minimum Gasteiger partial charge on any atom is -0.322 e. The fourth-order valence-corrected chi connectivity index (χ4v) is 2.70. The van der Waals surface area contributed by atoms with Crippen molar-refractivity contribution in [2.75, 3.05) is 5.32 Å². The van der Waals surface area contributed by atoms with Crippen LogP contribution in [-0.2, 0) is 0 Å². The van der Waals surface area contributed by atoms with Gasteiger partial charge in [0.15, 0.2) is 17.5 Å². The zero-order valence-corrected chi connectivity index (χ0v) is 13.7. The third kappa shape index (κ3) is 3.08. The summed E-state index contributed by atoms with van der Waals surface area (Å²) in [7, 11) is 0. The van der Waals surface area contributed by atoms with Gasteiger partial charge in [-0.25, -0.2) is 14.6 Å². The quantitative estimate of drug-likeness (QED) is 0.787. The first-order valence-corrected chi connectivity index (χ1v) is 8.14. The number of nitrogens with one attached hydrogen (secondary N) is 2. The second-order valence-corrected chi connectivity index (χ2v) is 6.11. The van der Waals surface area contributed by atoms with Crippen molar-refractivity contribution in [1.82, 2.24) is 25.5 Å². The molecule has 2 aromatic heterocycles. The van der Waals surface area contributed by atoms with E-state index in [-0.39, 0.29) is 11.6 Å². The zero-order chi connectivity index (χ0) is 17.4. The second kappa shape index (κ2) is 6.01. The largest absolute Gasteiger partial charge is 0.322 e. The second-order valence-electron chi connectivity index (χ2n) is 6.11. The molecule has 0 unspecified atom stereocenters. The van der Waals surface area contributed by atoms with Gasteiger partial charge in [-0.2, -0.15) is 0 Å². The molecule has 0 atom stereocenters. The molecule has 1 saturated carbocycles. The third-order valence-electron chi connectivity index (χ3n) is 4.10. The summed E-state index contributed by atoms with van der Waals surface area (Å²) in [6, 6.07) is 11.4. The van der Waals surface area contributed by atoms with E-state index < -0.39 is 0 Å². The molecule has 1 aliphatic rings. The summed E-state index contributed by atoms with van der Waals surface area (Å²) in [5.74, 6) is 1.70. The molecule has 0 amide bonds. The van der Waals surface area contributed by atoms with Gasteiger partial charge < -0.3 is 5.32 Å². The number of carbonyl (C=O) groups excluding carboxylic acids is 1. The van der Waals surface area contributed by atoms with Crippen LogP contribution < -0.4 is 11.1 Å². The van der Waals surface area contributed by atoms with Gasteiger partial charge in [-0.1, -0.05) is 30.3 Å². The molecule has 3 aromatic rings. The minimum atomic E-state index is -0.117. The monoisotopic (exact) mass is 333 g/mol. The molecule has 2 N–H and O–H groups in total. The van der Waals surface area contributed by atoms with Gasteiger partial charge in [0.2, 0.25) is 5.91 Å². The molecule has 1 radical (unpaired) electrons. The van der Waals surface area contributed by atoms with Gasteiger partial charge in [0.1, 0.15) is 5.69 Å². The zero-order valence-electron chi connectivity index (χ0n) is 13.7. The Bertz CT molecular complexity index is 930. The standard InChI is InChI=1S/C18H17N6O/c1-11(25)24-15(12-7-8-12)9-16(23-24)21-18-14(19)10-20-17(22-18)13-5-3-2-4-6-13/h2-6,9-10,12,19H,7-8H2,1H3,(H,20,21,22,23). The van der Waals surface area contributed by atoms with Crippen molar-refractivity contribution >= 4 is 23.2 Å². The Kier molecular flexibility index (Phi) is 3.68. The van der Waals surface area contributed by atoms with Crippen LogP contribution >= 0.6 is 0 Å². The Morgan fingerprint density at radius 2 is 2.04 bits per heavy atom. The molecule has 125 valence electrons. The number of carbonyl (C=O) groups is 1. The van der Waals surface area contributed by atoms with Crippen LogP contribution in [0.2, 0.25) is 0 Å². The van der Waals surface area contributed by atoms with E-state index in [0.717, 1.165) is 24.1 Å². The van der Waals surface area contributed by atoms with Crippen LogP contribution in [-0.4, -0.2) is 25.7 Å². The lowest BCUT2D eigenvalue weighted by Crippen LogP contribution is -2.11. The van der Waals surface area contributed by atoms with Crippen molar-refractivity contribution in [2.24, 2.45) is 0 Å². The van der Waals surface area contributed by atoms with Gasteiger partial charge in [0.25, 0.3) is 0 Å². The molecule has 25 heavy (non-hydrogen) atoms. The van der Waals surface area contributed by atoms with E-state index in [1.165, 1.54) is 17.8 Å². The lowest BCUT2D eigenvalue weighted by molar-refractivity contribution is 0.0918. The number of nitrogens with zero attached hydrogens (tertiary/aromatic N) is 4. The molecule has 0 bridgehead atoms. The van der Waals surface area contributed by atoms with Gasteiger partial charge in [0, 0.05) is 24.5 Å². The van der Waals surface area contributed by atoms with E-state index >= 15 is 0 Å². The number of benzene rings is 1. The van der Waals surface area contributed by atoms with Crippen LogP contribution in [0.3, 0.4) is 0 Å². The SMILES string of the molecule is CC(=O)n1nc(Nc2nc(-c3ccccc3)ncc2[NH])cc1C1CC1. The predicted octanol–water partition coefficient (Wildman–Crippen LogP) is 3.54. The number of rotatable bonds is 4. The van der Waals surface area contributed by atoms with Crippen molar-refractivity contribution in [2.45, 2.75) is 25.7 Å². The smallest absolute Gasteiger partial charge is 0.244 e. The lowest BCUT2D eigenvalue weighted by atomic mass is 10.2. The van der Waals surface area contributed by atoms with E-state index in [4.69, 9.17) is 5.73 Å². The Morgan fingerprint density at radius 1 is 1.28 bits per heavy atom. The fourth-order valence-electron chi connectivity index (χ4n) is 2.70. The minimum absolute atomic E-state index is 0.117.